The minimum atomic E-state index is 0.444. The van der Waals surface area contributed by atoms with Gasteiger partial charge >= 0.3 is 0 Å². The third-order valence-electron chi connectivity index (χ3n) is 3.73. The van der Waals surface area contributed by atoms with Crippen LogP contribution >= 0.6 is 46.4 Å². The summed E-state index contributed by atoms with van der Waals surface area (Å²) >= 11 is 24.7. The predicted molar refractivity (Wildman–Crippen MR) is 127 cm³/mol. The molecule has 3 aromatic carbocycles. The number of rotatable bonds is 7. The largest absolute Gasteiger partial charge is 0.362 e. The molecule has 0 atom stereocenters. The summed E-state index contributed by atoms with van der Waals surface area (Å²) < 4.78 is 0. The fourth-order valence-corrected chi connectivity index (χ4v) is 3.17. The Morgan fingerprint density at radius 3 is 1.59 bits per heavy atom. The molecule has 0 amide bonds. The molecule has 0 aliphatic heterocycles. The highest BCUT2D eigenvalue weighted by molar-refractivity contribution is 6.32. The molecule has 0 heterocycles. The second kappa shape index (κ2) is 10.5. The maximum absolute atomic E-state index is 6.56. The van der Waals surface area contributed by atoms with E-state index in [1.54, 1.807) is 36.5 Å². The van der Waals surface area contributed by atoms with Crippen molar-refractivity contribution in [3.63, 3.8) is 0 Å². The van der Waals surface area contributed by atoms with Gasteiger partial charge in [0.05, 0.1) is 5.03 Å². The Morgan fingerprint density at radius 2 is 1.10 bits per heavy atom. The molecule has 0 bridgehead atoms. The van der Waals surface area contributed by atoms with Crippen molar-refractivity contribution in [1.29, 1.82) is 0 Å². The SMILES string of the molecule is ClC(/C=C\Nc1cccc(Cl)c1)=C(Nc1cccc(Cl)c1)Nc1cccc(Cl)c1. The highest BCUT2D eigenvalue weighted by atomic mass is 35.5. The molecule has 0 fully saturated rings. The van der Waals surface area contributed by atoms with Gasteiger partial charge in [-0.2, -0.15) is 0 Å². The van der Waals surface area contributed by atoms with Crippen LogP contribution in [-0.2, 0) is 0 Å². The molecule has 0 saturated heterocycles. The molecule has 0 aromatic heterocycles. The lowest BCUT2D eigenvalue weighted by atomic mass is 10.3. The van der Waals surface area contributed by atoms with E-state index in [0.717, 1.165) is 17.1 Å². The zero-order valence-electron chi connectivity index (χ0n) is 15.1. The Labute approximate surface area is 189 Å². The summed E-state index contributed by atoms with van der Waals surface area (Å²) in [6, 6.07) is 22.1. The van der Waals surface area contributed by atoms with Crippen LogP contribution in [0.1, 0.15) is 0 Å². The van der Waals surface area contributed by atoms with Gasteiger partial charge in [0.1, 0.15) is 5.82 Å². The van der Waals surface area contributed by atoms with Crippen molar-refractivity contribution in [2.75, 3.05) is 16.0 Å². The molecule has 3 aromatic rings. The van der Waals surface area contributed by atoms with E-state index in [4.69, 9.17) is 46.4 Å². The summed E-state index contributed by atoms with van der Waals surface area (Å²) in [4.78, 5) is 0. The van der Waals surface area contributed by atoms with Crippen molar-refractivity contribution in [2.45, 2.75) is 0 Å². The van der Waals surface area contributed by atoms with E-state index in [0.29, 0.717) is 25.9 Å². The summed E-state index contributed by atoms with van der Waals surface area (Å²) in [7, 11) is 0. The van der Waals surface area contributed by atoms with Gasteiger partial charge in [-0.1, -0.05) is 64.6 Å². The van der Waals surface area contributed by atoms with Gasteiger partial charge in [0.2, 0.25) is 0 Å². The zero-order chi connectivity index (χ0) is 20.6. The summed E-state index contributed by atoms with van der Waals surface area (Å²) in [5.41, 5.74) is 2.43. The Balaban J connectivity index is 1.83. The number of hydrogen-bond acceptors (Lipinski definition) is 3. The van der Waals surface area contributed by atoms with Crippen molar-refractivity contribution >= 4 is 63.5 Å². The molecule has 3 N–H and O–H groups in total. The Kier molecular flexibility index (Phi) is 7.73. The van der Waals surface area contributed by atoms with Crippen LogP contribution in [0.2, 0.25) is 15.1 Å². The number of allylic oxidation sites excluding steroid dienone is 2. The van der Waals surface area contributed by atoms with E-state index in [1.807, 2.05) is 48.5 Å². The van der Waals surface area contributed by atoms with Gasteiger partial charge in [-0.25, -0.2) is 0 Å². The first kappa shape index (κ1) is 21.4. The quantitative estimate of drug-likeness (QED) is 0.308. The second-order valence-electron chi connectivity index (χ2n) is 5.98. The second-order valence-corrected chi connectivity index (χ2v) is 7.70. The van der Waals surface area contributed by atoms with Crippen LogP contribution in [0.4, 0.5) is 17.1 Å². The molecule has 0 aliphatic carbocycles. The summed E-state index contributed by atoms with van der Waals surface area (Å²) in [6.07, 6.45) is 3.46. The van der Waals surface area contributed by atoms with E-state index in [-0.39, 0.29) is 0 Å². The molecule has 3 nitrogen and oxygen atoms in total. The summed E-state index contributed by atoms with van der Waals surface area (Å²) in [5, 5.41) is 12.0. The molecule has 0 unspecified atom stereocenters. The van der Waals surface area contributed by atoms with Crippen LogP contribution in [0.5, 0.6) is 0 Å². The maximum atomic E-state index is 6.56. The van der Waals surface area contributed by atoms with Gasteiger partial charge < -0.3 is 16.0 Å². The Bertz CT molecular complexity index is 998. The van der Waals surface area contributed by atoms with Crippen LogP contribution < -0.4 is 16.0 Å². The highest BCUT2D eigenvalue weighted by Gasteiger charge is 2.06. The van der Waals surface area contributed by atoms with E-state index in [9.17, 15) is 0 Å². The summed E-state index contributed by atoms with van der Waals surface area (Å²) in [6.45, 7) is 0. The topological polar surface area (TPSA) is 36.1 Å². The Hall–Kier alpha value is -2.30. The first-order chi connectivity index (χ1) is 14.0. The van der Waals surface area contributed by atoms with Crippen molar-refractivity contribution < 1.29 is 0 Å². The molecule has 0 aliphatic rings. The molecule has 0 spiro atoms. The average Bonchev–Trinajstić information content (AvgIpc) is 2.67. The van der Waals surface area contributed by atoms with E-state index in [1.165, 1.54) is 0 Å². The minimum absolute atomic E-state index is 0.444. The van der Waals surface area contributed by atoms with Crippen molar-refractivity contribution in [1.82, 2.24) is 0 Å². The van der Waals surface area contributed by atoms with Crippen molar-refractivity contribution in [2.24, 2.45) is 0 Å². The molecule has 3 rings (SSSR count). The van der Waals surface area contributed by atoms with Gasteiger partial charge in [-0.15, -0.1) is 0 Å². The molecular weight excluding hydrogens is 448 g/mol. The highest BCUT2D eigenvalue weighted by Crippen LogP contribution is 2.23. The third-order valence-corrected chi connectivity index (χ3v) is 4.75. The zero-order valence-corrected chi connectivity index (χ0v) is 18.1. The predicted octanol–water partition coefficient (Wildman–Crippen LogP) is 8.20. The first-order valence-corrected chi connectivity index (χ1v) is 10.1. The van der Waals surface area contributed by atoms with Crippen molar-refractivity contribution in [3.8, 4) is 0 Å². The monoisotopic (exact) mass is 463 g/mol. The van der Waals surface area contributed by atoms with E-state index < -0.39 is 0 Å². The average molecular weight is 465 g/mol. The molecule has 0 saturated carbocycles. The first-order valence-electron chi connectivity index (χ1n) is 8.63. The normalized spacial score (nSPS) is 10.6. The fraction of sp³-hybridized carbons (Fsp3) is 0. The number of hydrogen-bond donors (Lipinski definition) is 3. The number of anilines is 3. The van der Waals surface area contributed by atoms with Crippen LogP contribution in [0.3, 0.4) is 0 Å². The third kappa shape index (κ3) is 6.91. The van der Waals surface area contributed by atoms with Crippen LogP contribution in [0.15, 0.2) is 95.9 Å². The smallest absolute Gasteiger partial charge is 0.127 e. The molecular formula is C22H17Cl4N3. The standard InChI is InChI=1S/C22H17Cl4N3/c23-15-4-1-7-18(12-15)27-11-10-21(26)22(28-19-8-2-5-16(24)13-19)29-20-9-3-6-17(25)14-20/h1-14,27-29H/b11-10-. The molecule has 7 heteroatoms. The number of benzene rings is 3. The number of nitrogens with one attached hydrogen (secondary N) is 3. The Morgan fingerprint density at radius 1 is 0.655 bits per heavy atom. The lowest BCUT2D eigenvalue weighted by Gasteiger charge is -2.15. The van der Waals surface area contributed by atoms with Crippen LogP contribution in [-0.4, -0.2) is 0 Å². The molecule has 29 heavy (non-hydrogen) atoms. The van der Waals surface area contributed by atoms with Gasteiger partial charge in [0.15, 0.2) is 0 Å². The lowest BCUT2D eigenvalue weighted by molar-refractivity contribution is 1.35. The minimum Gasteiger partial charge on any atom is -0.362 e. The van der Waals surface area contributed by atoms with Crippen LogP contribution in [0, 0.1) is 0 Å². The van der Waals surface area contributed by atoms with Crippen molar-refractivity contribution in [3.05, 3.63) is 111 Å². The van der Waals surface area contributed by atoms with Crippen LogP contribution in [0.25, 0.3) is 0 Å². The fourth-order valence-electron chi connectivity index (χ4n) is 2.44. The molecule has 0 radical (unpaired) electrons. The molecule has 148 valence electrons. The van der Waals surface area contributed by atoms with Gasteiger partial charge in [-0.3, -0.25) is 0 Å². The summed E-state index contributed by atoms with van der Waals surface area (Å²) in [5.74, 6) is 0.570. The number of halogens is 4. The van der Waals surface area contributed by atoms with E-state index >= 15 is 0 Å². The van der Waals surface area contributed by atoms with E-state index in [2.05, 4.69) is 16.0 Å². The lowest BCUT2D eigenvalue weighted by Crippen LogP contribution is -2.11. The van der Waals surface area contributed by atoms with Gasteiger partial charge in [0.25, 0.3) is 0 Å². The maximum Gasteiger partial charge on any atom is 0.127 e. The van der Waals surface area contributed by atoms with Gasteiger partial charge in [0, 0.05) is 38.3 Å². The van der Waals surface area contributed by atoms with Gasteiger partial charge in [-0.05, 0) is 60.7 Å².